The van der Waals surface area contributed by atoms with Crippen LogP contribution in [0.15, 0.2) is 53.6 Å². The first-order chi connectivity index (χ1) is 16.5. The summed E-state index contributed by atoms with van der Waals surface area (Å²) in [6.07, 6.45) is 7.93. The van der Waals surface area contributed by atoms with Gasteiger partial charge in [-0.25, -0.2) is 9.37 Å². The number of nitrogens with zero attached hydrogens (tertiary/aromatic N) is 4. The molecule has 2 aliphatic heterocycles. The number of fused-ring (bicyclic) bond motifs is 2. The molecule has 6 rings (SSSR count). The lowest BCUT2D eigenvalue weighted by molar-refractivity contribution is 0.0827. The van der Waals surface area contributed by atoms with E-state index in [-0.39, 0.29) is 11.7 Å². The second-order valence-electron chi connectivity index (χ2n) is 8.81. The summed E-state index contributed by atoms with van der Waals surface area (Å²) in [4.78, 5) is 18.3. The highest BCUT2D eigenvalue weighted by Gasteiger charge is 2.23. The Morgan fingerprint density at radius 3 is 2.85 bits per heavy atom. The topological polar surface area (TPSA) is 61.9 Å². The van der Waals surface area contributed by atoms with Crippen LogP contribution in [-0.4, -0.2) is 25.9 Å². The van der Waals surface area contributed by atoms with Crippen molar-refractivity contribution in [1.82, 2.24) is 19.3 Å². The highest BCUT2D eigenvalue weighted by molar-refractivity contribution is 6.30. The van der Waals surface area contributed by atoms with E-state index in [2.05, 4.69) is 11.2 Å². The monoisotopic (exact) mass is 476 g/mol. The van der Waals surface area contributed by atoms with Gasteiger partial charge in [0.15, 0.2) is 0 Å². The summed E-state index contributed by atoms with van der Waals surface area (Å²) in [7, 11) is 1.87. The Kier molecular flexibility index (Phi) is 5.12. The van der Waals surface area contributed by atoms with E-state index < -0.39 is 5.82 Å². The van der Waals surface area contributed by atoms with Gasteiger partial charge in [-0.2, -0.15) is 5.10 Å². The Morgan fingerprint density at radius 2 is 2.06 bits per heavy atom. The standard InChI is InChI=1S/C26H22ClFN4O2/c1-31-14-17(13-29-31)23-11-15(6-8-34-23)16-9-20(19-5-4-18(27)12-21(19)28)25-22(10-16)30-24-3-2-7-32(24)26(25)33/h4-5,9-14,23H,2-3,6-8H2,1H3. The number of aryl methyl sites for hydroxylation is 2. The Hall–Kier alpha value is -3.29. The Labute approximate surface area is 200 Å². The molecule has 0 N–H and O–H groups in total. The minimum atomic E-state index is -0.468. The zero-order chi connectivity index (χ0) is 23.4. The van der Waals surface area contributed by atoms with Crippen molar-refractivity contribution in [2.75, 3.05) is 6.61 Å². The van der Waals surface area contributed by atoms with Crippen molar-refractivity contribution in [2.45, 2.75) is 31.9 Å². The third kappa shape index (κ3) is 3.56. The predicted molar refractivity (Wildman–Crippen MR) is 129 cm³/mol. The maximum Gasteiger partial charge on any atom is 0.262 e. The predicted octanol–water partition coefficient (Wildman–Crippen LogP) is 5.08. The van der Waals surface area contributed by atoms with E-state index in [1.807, 2.05) is 25.4 Å². The Bertz CT molecular complexity index is 1540. The van der Waals surface area contributed by atoms with E-state index in [1.165, 1.54) is 6.07 Å². The molecule has 2 aromatic carbocycles. The minimum absolute atomic E-state index is 0.123. The zero-order valence-electron chi connectivity index (χ0n) is 18.6. The Morgan fingerprint density at radius 1 is 1.18 bits per heavy atom. The van der Waals surface area contributed by atoms with E-state index in [0.717, 1.165) is 35.4 Å². The summed E-state index contributed by atoms with van der Waals surface area (Å²) >= 11 is 6.01. The van der Waals surface area contributed by atoms with Crippen LogP contribution in [0.1, 0.15) is 35.9 Å². The van der Waals surface area contributed by atoms with Crippen molar-refractivity contribution in [3.63, 3.8) is 0 Å². The summed E-state index contributed by atoms with van der Waals surface area (Å²) in [6, 6.07) is 8.40. The summed E-state index contributed by atoms with van der Waals surface area (Å²) in [5.41, 5.74) is 4.28. The maximum absolute atomic E-state index is 15.1. The van der Waals surface area contributed by atoms with Crippen molar-refractivity contribution in [1.29, 1.82) is 0 Å². The first-order valence-corrected chi connectivity index (χ1v) is 11.7. The summed E-state index contributed by atoms with van der Waals surface area (Å²) in [5, 5.41) is 5.00. The number of aromatic nitrogens is 4. The lowest BCUT2D eigenvalue weighted by Gasteiger charge is -2.22. The van der Waals surface area contributed by atoms with E-state index >= 15 is 4.39 Å². The van der Waals surface area contributed by atoms with Crippen LogP contribution in [0.5, 0.6) is 0 Å². The van der Waals surface area contributed by atoms with Gasteiger partial charge in [0.2, 0.25) is 0 Å². The molecule has 1 atom stereocenters. The van der Waals surface area contributed by atoms with Gasteiger partial charge in [-0.3, -0.25) is 14.0 Å². The molecule has 1 unspecified atom stereocenters. The molecule has 172 valence electrons. The summed E-state index contributed by atoms with van der Waals surface area (Å²) in [5.74, 6) is 0.316. The molecule has 0 radical (unpaired) electrons. The van der Waals surface area contributed by atoms with Crippen molar-refractivity contribution in [3.05, 3.63) is 86.9 Å². The van der Waals surface area contributed by atoms with Crippen molar-refractivity contribution in [3.8, 4) is 11.1 Å². The van der Waals surface area contributed by atoms with Gasteiger partial charge < -0.3 is 4.74 Å². The molecule has 34 heavy (non-hydrogen) atoms. The quantitative estimate of drug-likeness (QED) is 0.413. The van der Waals surface area contributed by atoms with Crippen molar-refractivity contribution < 1.29 is 9.13 Å². The van der Waals surface area contributed by atoms with Gasteiger partial charge in [0.05, 0.1) is 23.7 Å². The summed E-state index contributed by atoms with van der Waals surface area (Å²) in [6.45, 7) is 1.19. The van der Waals surface area contributed by atoms with Crippen molar-refractivity contribution in [2.24, 2.45) is 7.05 Å². The van der Waals surface area contributed by atoms with Crippen LogP contribution in [0.25, 0.3) is 27.6 Å². The number of ether oxygens (including phenoxy) is 1. The minimum Gasteiger partial charge on any atom is -0.369 e. The van der Waals surface area contributed by atoms with Gasteiger partial charge in [-0.15, -0.1) is 0 Å². The van der Waals surface area contributed by atoms with E-state index in [4.69, 9.17) is 21.3 Å². The number of rotatable bonds is 3. The fourth-order valence-corrected chi connectivity index (χ4v) is 5.10. The smallest absolute Gasteiger partial charge is 0.262 e. The van der Waals surface area contributed by atoms with Gasteiger partial charge in [0, 0.05) is 47.9 Å². The molecule has 0 amide bonds. The fraction of sp³-hybridized carbons (Fsp3) is 0.269. The highest BCUT2D eigenvalue weighted by atomic mass is 35.5. The normalized spacial score (nSPS) is 17.7. The number of hydrogen-bond donors (Lipinski definition) is 0. The molecule has 4 aromatic rings. The van der Waals surface area contributed by atoms with Crippen LogP contribution < -0.4 is 5.56 Å². The molecule has 4 heterocycles. The lowest BCUT2D eigenvalue weighted by atomic mass is 9.92. The molecular weight excluding hydrogens is 455 g/mol. The molecule has 0 saturated carbocycles. The van der Waals surface area contributed by atoms with Crippen LogP contribution in [0.3, 0.4) is 0 Å². The highest BCUT2D eigenvalue weighted by Crippen LogP contribution is 2.37. The first kappa shape index (κ1) is 21.3. The molecular formula is C26H22ClFN4O2. The molecule has 0 saturated heterocycles. The van der Waals surface area contributed by atoms with Gasteiger partial charge in [0.1, 0.15) is 17.7 Å². The molecule has 2 aromatic heterocycles. The average Bonchev–Trinajstić information content (AvgIpc) is 3.48. The van der Waals surface area contributed by atoms with Gasteiger partial charge >= 0.3 is 0 Å². The fourth-order valence-electron chi connectivity index (χ4n) is 4.94. The largest absolute Gasteiger partial charge is 0.369 e. The maximum atomic E-state index is 15.1. The Balaban J connectivity index is 1.58. The number of hydrogen-bond acceptors (Lipinski definition) is 4. The molecule has 2 aliphatic rings. The average molecular weight is 477 g/mol. The second kappa shape index (κ2) is 8.18. The van der Waals surface area contributed by atoms with E-state index in [9.17, 15) is 4.79 Å². The second-order valence-corrected chi connectivity index (χ2v) is 9.25. The van der Waals surface area contributed by atoms with Crippen molar-refractivity contribution >= 4 is 28.1 Å². The molecule has 8 heteroatoms. The van der Waals surface area contributed by atoms with Crippen LogP contribution >= 0.6 is 11.6 Å². The van der Waals surface area contributed by atoms with E-state index in [0.29, 0.717) is 46.6 Å². The molecule has 0 aliphatic carbocycles. The number of halogens is 2. The zero-order valence-corrected chi connectivity index (χ0v) is 19.3. The molecule has 6 nitrogen and oxygen atoms in total. The van der Waals surface area contributed by atoms with Gasteiger partial charge in [0.25, 0.3) is 5.56 Å². The molecule has 0 bridgehead atoms. The van der Waals surface area contributed by atoms with Gasteiger partial charge in [-0.1, -0.05) is 11.6 Å². The third-order valence-electron chi connectivity index (χ3n) is 6.59. The third-order valence-corrected chi connectivity index (χ3v) is 6.82. The van der Waals surface area contributed by atoms with E-state index in [1.54, 1.807) is 27.6 Å². The SMILES string of the molecule is Cn1cc(C2C=C(c3cc(-c4ccc(Cl)cc4F)c4c(=O)n5c(nc4c3)CCC5)CCO2)cn1. The van der Waals surface area contributed by atoms with Crippen LogP contribution in [-0.2, 0) is 24.8 Å². The van der Waals surface area contributed by atoms with Crippen LogP contribution in [0.4, 0.5) is 4.39 Å². The molecule has 0 fully saturated rings. The summed E-state index contributed by atoms with van der Waals surface area (Å²) < 4.78 is 24.5. The van der Waals surface area contributed by atoms with Crippen LogP contribution in [0.2, 0.25) is 5.02 Å². The lowest BCUT2D eigenvalue weighted by Crippen LogP contribution is -2.21. The van der Waals surface area contributed by atoms with Crippen LogP contribution in [0, 0.1) is 5.82 Å². The van der Waals surface area contributed by atoms with Gasteiger partial charge in [-0.05, 0) is 60.4 Å². The number of benzene rings is 2. The first-order valence-electron chi connectivity index (χ1n) is 11.3. The molecule has 0 spiro atoms.